The zero-order valence-corrected chi connectivity index (χ0v) is 20.3. The van der Waals surface area contributed by atoms with Crippen LogP contribution in [0.4, 0.5) is 0 Å². The van der Waals surface area contributed by atoms with Crippen molar-refractivity contribution in [3.63, 3.8) is 0 Å². The molecule has 0 bridgehead atoms. The van der Waals surface area contributed by atoms with E-state index in [-0.39, 0.29) is 18.1 Å². The van der Waals surface area contributed by atoms with E-state index in [1.165, 1.54) is 21.6 Å². The topological polar surface area (TPSA) is 66.8 Å². The summed E-state index contributed by atoms with van der Waals surface area (Å²) >= 11 is 0. The molecule has 182 valence electrons. The number of aryl methyl sites for hydroxylation is 2. The number of rotatable bonds is 11. The lowest BCUT2D eigenvalue weighted by molar-refractivity contribution is -0.144. The van der Waals surface area contributed by atoms with Crippen molar-refractivity contribution >= 4 is 11.9 Å². The first-order valence-electron chi connectivity index (χ1n) is 12.3. The number of carboxylic acid groups (broad SMARTS) is 1. The lowest BCUT2D eigenvalue weighted by Gasteiger charge is -2.24. The van der Waals surface area contributed by atoms with Gasteiger partial charge < -0.3 is 14.7 Å². The lowest BCUT2D eigenvalue weighted by atomic mass is 9.91. The van der Waals surface area contributed by atoms with Crippen LogP contribution in [0, 0.1) is 0 Å². The number of hydrogen-bond donors (Lipinski definition) is 1. The number of nitrogens with zero attached hydrogens (tertiary/aromatic N) is 1. The first-order valence-corrected chi connectivity index (χ1v) is 12.3. The monoisotopic (exact) mass is 471 g/mol. The molecule has 0 radical (unpaired) electrons. The number of carbonyl (C=O) groups is 2. The summed E-state index contributed by atoms with van der Waals surface area (Å²) in [5.74, 6) is -0.191. The number of benzene rings is 3. The molecule has 1 aliphatic rings. The normalized spacial score (nSPS) is 16.4. The highest BCUT2D eigenvalue weighted by Crippen LogP contribution is 2.37. The van der Waals surface area contributed by atoms with E-state index in [4.69, 9.17) is 4.74 Å². The van der Waals surface area contributed by atoms with E-state index < -0.39 is 5.97 Å². The van der Waals surface area contributed by atoms with E-state index in [0.717, 1.165) is 37.0 Å². The summed E-state index contributed by atoms with van der Waals surface area (Å²) < 4.78 is 6.30. The van der Waals surface area contributed by atoms with Crippen molar-refractivity contribution in [3.8, 4) is 5.75 Å². The molecule has 0 saturated carbocycles. The second-order valence-corrected chi connectivity index (χ2v) is 9.63. The summed E-state index contributed by atoms with van der Waals surface area (Å²) in [6, 6.07) is 26.5. The third kappa shape index (κ3) is 6.95. The van der Waals surface area contributed by atoms with Crippen LogP contribution in [0.5, 0.6) is 5.75 Å². The summed E-state index contributed by atoms with van der Waals surface area (Å²) in [7, 11) is 0. The molecule has 0 aliphatic carbocycles. The van der Waals surface area contributed by atoms with Crippen molar-refractivity contribution in [2.45, 2.75) is 51.0 Å². The smallest absolute Gasteiger partial charge is 0.323 e. The van der Waals surface area contributed by atoms with Gasteiger partial charge in [0.25, 0.3) is 0 Å². The molecule has 0 fully saturated rings. The summed E-state index contributed by atoms with van der Waals surface area (Å²) in [5.41, 5.74) is 4.40. The molecule has 5 nitrogen and oxygen atoms in total. The molecule has 1 amide bonds. The van der Waals surface area contributed by atoms with E-state index in [2.05, 4.69) is 25.1 Å². The number of fused-ring (bicyclic) bond motifs is 1. The number of aliphatic carboxylic acids is 1. The molecule has 1 N–H and O–H groups in total. The molecular weight excluding hydrogens is 438 g/mol. The molecule has 3 aromatic carbocycles. The van der Waals surface area contributed by atoms with Crippen LogP contribution in [0.15, 0.2) is 78.9 Å². The van der Waals surface area contributed by atoms with Crippen LogP contribution in [0.3, 0.4) is 0 Å². The average Bonchev–Trinajstić information content (AvgIpc) is 3.17. The van der Waals surface area contributed by atoms with Gasteiger partial charge in [0, 0.05) is 25.8 Å². The number of hydrogen-bond acceptors (Lipinski definition) is 3. The molecule has 0 spiro atoms. The second-order valence-electron chi connectivity index (χ2n) is 9.63. The van der Waals surface area contributed by atoms with Gasteiger partial charge in [-0.15, -0.1) is 0 Å². The van der Waals surface area contributed by atoms with Crippen LogP contribution in [-0.4, -0.2) is 40.6 Å². The van der Waals surface area contributed by atoms with E-state index in [1.807, 2.05) is 60.7 Å². The van der Waals surface area contributed by atoms with Crippen molar-refractivity contribution in [1.82, 2.24) is 4.90 Å². The largest absolute Gasteiger partial charge is 0.487 e. The molecule has 35 heavy (non-hydrogen) atoms. The van der Waals surface area contributed by atoms with Gasteiger partial charge >= 0.3 is 5.97 Å². The van der Waals surface area contributed by atoms with Gasteiger partial charge in [0.05, 0.1) is 0 Å². The molecule has 5 heteroatoms. The predicted molar refractivity (Wildman–Crippen MR) is 137 cm³/mol. The Bertz CT molecular complexity index is 1150. The quantitative estimate of drug-likeness (QED) is 0.422. The van der Waals surface area contributed by atoms with Gasteiger partial charge in [0.15, 0.2) is 0 Å². The van der Waals surface area contributed by atoms with E-state index >= 15 is 0 Å². The minimum atomic E-state index is -0.981. The Hall–Kier alpha value is -3.60. The second kappa shape index (κ2) is 11.2. The minimum Gasteiger partial charge on any atom is -0.487 e. The molecule has 4 rings (SSSR count). The third-order valence-electron chi connectivity index (χ3n) is 6.51. The summed E-state index contributed by atoms with van der Waals surface area (Å²) in [4.78, 5) is 25.7. The van der Waals surface area contributed by atoms with E-state index in [9.17, 15) is 14.7 Å². The highest BCUT2D eigenvalue weighted by Gasteiger charge is 2.35. The first-order chi connectivity index (χ1) is 16.9. The zero-order chi connectivity index (χ0) is 24.7. The molecule has 3 aromatic rings. The zero-order valence-electron chi connectivity index (χ0n) is 20.3. The maximum Gasteiger partial charge on any atom is 0.323 e. The highest BCUT2D eigenvalue weighted by atomic mass is 16.5. The van der Waals surface area contributed by atoms with Crippen LogP contribution in [-0.2, 0) is 35.3 Å². The molecule has 1 aliphatic heterocycles. The number of carbonyl (C=O) groups excluding carboxylic acids is 1. The third-order valence-corrected chi connectivity index (χ3v) is 6.51. The van der Waals surface area contributed by atoms with E-state index in [1.54, 1.807) is 0 Å². The van der Waals surface area contributed by atoms with Crippen molar-refractivity contribution in [3.05, 3.63) is 101 Å². The maximum atomic E-state index is 12.9. The summed E-state index contributed by atoms with van der Waals surface area (Å²) in [5, 5.41) is 9.29. The van der Waals surface area contributed by atoms with Gasteiger partial charge in [-0.05, 0) is 54.5 Å². The molecule has 0 aromatic heterocycles. The fourth-order valence-corrected chi connectivity index (χ4v) is 4.84. The molecule has 0 unspecified atom stereocenters. The van der Waals surface area contributed by atoms with E-state index in [0.29, 0.717) is 19.4 Å². The Morgan fingerprint density at radius 2 is 1.60 bits per heavy atom. The van der Waals surface area contributed by atoms with Gasteiger partial charge in [-0.2, -0.15) is 0 Å². The van der Waals surface area contributed by atoms with Gasteiger partial charge in [-0.3, -0.25) is 9.59 Å². The van der Waals surface area contributed by atoms with Gasteiger partial charge in [0.2, 0.25) is 5.91 Å². The van der Waals surface area contributed by atoms with Gasteiger partial charge in [-0.25, -0.2) is 0 Å². The molecule has 1 atom stereocenters. The molecule has 1 heterocycles. The Kier molecular flexibility index (Phi) is 7.86. The average molecular weight is 472 g/mol. The Labute approximate surface area is 207 Å². The summed E-state index contributed by atoms with van der Waals surface area (Å²) in [6.07, 6.45) is 4.08. The Morgan fingerprint density at radius 1 is 0.914 bits per heavy atom. The van der Waals surface area contributed by atoms with Gasteiger partial charge in [-0.1, -0.05) is 72.8 Å². The Morgan fingerprint density at radius 3 is 2.29 bits per heavy atom. The van der Waals surface area contributed by atoms with Crippen LogP contribution >= 0.6 is 0 Å². The number of carboxylic acids is 1. The van der Waals surface area contributed by atoms with Crippen LogP contribution < -0.4 is 4.74 Å². The predicted octanol–water partition coefficient (Wildman–Crippen LogP) is 5.10. The fraction of sp³-hybridized carbons (Fsp3) is 0.333. The van der Waals surface area contributed by atoms with Crippen molar-refractivity contribution in [2.24, 2.45) is 0 Å². The van der Waals surface area contributed by atoms with Crippen molar-refractivity contribution in [2.75, 3.05) is 13.1 Å². The van der Waals surface area contributed by atoms with Crippen molar-refractivity contribution in [1.29, 1.82) is 0 Å². The van der Waals surface area contributed by atoms with Crippen LogP contribution in [0.2, 0.25) is 0 Å². The standard InChI is InChI=1S/C30H33NO4/c1-30(20-25-11-6-3-7-12-25)21-26-19-24(14-16-27(26)35-30)15-17-28(32)31(22-29(33)34)18-8-13-23-9-4-2-5-10-23/h2-7,9-12,14,16,19H,8,13,15,17-18,20-22H2,1H3,(H,33,34)/t30-/m0/s1. The number of amides is 1. The highest BCUT2D eigenvalue weighted by molar-refractivity contribution is 5.81. The van der Waals surface area contributed by atoms with Gasteiger partial charge in [0.1, 0.15) is 17.9 Å². The van der Waals surface area contributed by atoms with Crippen molar-refractivity contribution < 1.29 is 19.4 Å². The maximum absolute atomic E-state index is 12.9. The lowest BCUT2D eigenvalue weighted by Crippen LogP contribution is -2.36. The summed E-state index contributed by atoms with van der Waals surface area (Å²) in [6.45, 7) is 2.32. The first kappa shape index (κ1) is 24.5. The fourth-order valence-electron chi connectivity index (χ4n) is 4.84. The number of ether oxygens (including phenoxy) is 1. The molecule has 0 saturated heterocycles. The van der Waals surface area contributed by atoms with Crippen LogP contribution in [0.25, 0.3) is 0 Å². The van der Waals surface area contributed by atoms with Crippen LogP contribution in [0.1, 0.15) is 42.0 Å². The minimum absolute atomic E-state index is 0.119. The Balaban J connectivity index is 1.32. The SMILES string of the molecule is C[C@]1(Cc2ccccc2)Cc2cc(CCC(=O)N(CCCc3ccccc3)CC(=O)O)ccc2O1. The molecular formula is C30H33NO4.